The summed E-state index contributed by atoms with van der Waals surface area (Å²) in [5, 5.41) is 3.06. The number of halogens is 1. The Kier molecular flexibility index (Phi) is 6.08. The smallest absolute Gasteiger partial charge is 0.232 e. The lowest BCUT2D eigenvalue weighted by atomic mass is 9.90. The second-order valence-electron chi connectivity index (χ2n) is 5.93. The van der Waals surface area contributed by atoms with Crippen LogP contribution in [0.3, 0.4) is 0 Å². The molecule has 3 rings (SSSR count). The first-order chi connectivity index (χ1) is 12.7. The van der Waals surface area contributed by atoms with Gasteiger partial charge in [0.15, 0.2) is 0 Å². The molecule has 132 valence electrons. The van der Waals surface area contributed by atoms with Crippen LogP contribution in [-0.2, 0) is 11.3 Å². The molecule has 3 aromatic rings. The van der Waals surface area contributed by atoms with Gasteiger partial charge in [0.1, 0.15) is 5.75 Å². The quantitative estimate of drug-likeness (QED) is 0.628. The molecule has 0 bridgehead atoms. The van der Waals surface area contributed by atoms with Gasteiger partial charge < -0.3 is 10.1 Å². The summed E-state index contributed by atoms with van der Waals surface area (Å²) >= 11 is 3.47. The third-order valence-corrected chi connectivity index (χ3v) is 4.72. The van der Waals surface area contributed by atoms with E-state index in [0.717, 1.165) is 26.9 Å². The molecule has 1 N–H and O–H groups in total. The van der Waals surface area contributed by atoms with Gasteiger partial charge in [-0.3, -0.25) is 4.79 Å². The van der Waals surface area contributed by atoms with Crippen LogP contribution >= 0.6 is 15.9 Å². The van der Waals surface area contributed by atoms with E-state index in [2.05, 4.69) is 21.2 Å². The van der Waals surface area contributed by atoms with Crippen molar-refractivity contribution in [3.05, 3.63) is 100 Å². The molecule has 3 aromatic carbocycles. The molecule has 0 aliphatic carbocycles. The van der Waals surface area contributed by atoms with Crippen LogP contribution in [-0.4, -0.2) is 13.0 Å². The fraction of sp³-hybridized carbons (Fsp3) is 0.136. The van der Waals surface area contributed by atoms with Gasteiger partial charge in [0.2, 0.25) is 5.91 Å². The number of rotatable bonds is 6. The number of carbonyl (C=O) groups is 1. The third-order valence-electron chi connectivity index (χ3n) is 4.22. The molecule has 0 saturated heterocycles. The monoisotopic (exact) mass is 409 g/mol. The zero-order valence-electron chi connectivity index (χ0n) is 14.5. The van der Waals surface area contributed by atoms with Crippen molar-refractivity contribution in [1.82, 2.24) is 5.32 Å². The van der Waals surface area contributed by atoms with Crippen molar-refractivity contribution < 1.29 is 9.53 Å². The number of methoxy groups -OCH3 is 1. The molecule has 0 aliphatic heterocycles. The fourth-order valence-electron chi connectivity index (χ4n) is 2.96. The predicted molar refractivity (Wildman–Crippen MR) is 107 cm³/mol. The summed E-state index contributed by atoms with van der Waals surface area (Å²) in [6.07, 6.45) is 0. The molecule has 0 atom stereocenters. The highest BCUT2D eigenvalue weighted by atomic mass is 79.9. The van der Waals surface area contributed by atoms with Crippen LogP contribution in [0, 0.1) is 0 Å². The van der Waals surface area contributed by atoms with Crippen molar-refractivity contribution in [2.45, 2.75) is 12.5 Å². The van der Waals surface area contributed by atoms with Crippen LogP contribution in [0.25, 0.3) is 0 Å². The molecule has 0 spiro atoms. The van der Waals surface area contributed by atoms with Crippen LogP contribution in [0.2, 0.25) is 0 Å². The molecule has 0 aliphatic rings. The maximum absolute atomic E-state index is 13.0. The Balaban J connectivity index is 1.84. The summed E-state index contributed by atoms with van der Waals surface area (Å²) in [5.74, 6) is 0.365. The molecule has 26 heavy (non-hydrogen) atoms. The van der Waals surface area contributed by atoms with Gasteiger partial charge in [0.25, 0.3) is 0 Å². The molecule has 4 heteroatoms. The number of carbonyl (C=O) groups excluding carboxylic acids is 1. The number of amides is 1. The summed E-state index contributed by atoms with van der Waals surface area (Å²) in [7, 11) is 1.63. The first-order valence-corrected chi connectivity index (χ1v) is 9.18. The largest absolute Gasteiger partial charge is 0.496 e. The van der Waals surface area contributed by atoms with Gasteiger partial charge in [-0.1, -0.05) is 76.6 Å². The van der Waals surface area contributed by atoms with Crippen LogP contribution < -0.4 is 10.1 Å². The Morgan fingerprint density at radius 2 is 1.54 bits per heavy atom. The highest BCUT2D eigenvalue weighted by Gasteiger charge is 2.22. The SMILES string of the molecule is COc1ccc(Br)cc1CNC(=O)C(c1ccccc1)c1ccccc1. The lowest BCUT2D eigenvalue weighted by Gasteiger charge is -2.18. The van der Waals surface area contributed by atoms with Crippen molar-refractivity contribution >= 4 is 21.8 Å². The number of hydrogen-bond acceptors (Lipinski definition) is 2. The van der Waals surface area contributed by atoms with Crippen LogP contribution in [0.1, 0.15) is 22.6 Å². The van der Waals surface area contributed by atoms with E-state index < -0.39 is 0 Å². The molecule has 0 radical (unpaired) electrons. The Hall–Kier alpha value is -2.59. The second kappa shape index (κ2) is 8.68. The number of ether oxygens (including phenoxy) is 1. The minimum absolute atomic E-state index is 0.0376. The van der Waals surface area contributed by atoms with E-state index in [4.69, 9.17) is 4.74 Å². The lowest BCUT2D eigenvalue weighted by Crippen LogP contribution is -2.29. The van der Waals surface area contributed by atoms with E-state index in [-0.39, 0.29) is 11.8 Å². The Morgan fingerprint density at radius 3 is 2.08 bits per heavy atom. The lowest BCUT2D eigenvalue weighted by molar-refractivity contribution is -0.121. The molecule has 0 saturated carbocycles. The summed E-state index contributed by atoms with van der Waals surface area (Å²) in [5.41, 5.74) is 2.87. The van der Waals surface area contributed by atoms with Crippen molar-refractivity contribution in [2.24, 2.45) is 0 Å². The zero-order chi connectivity index (χ0) is 18.4. The first kappa shape index (κ1) is 18.2. The van der Waals surface area contributed by atoms with Crippen LogP contribution in [0.5, 0.6) is 5.75 Å². The highest BCUT2D eigenvalue weighted by molar-refractivity contribution is 9.10. The summed E-state index contributed by atoms with van der Waals surface area (Å²) in [4.78, 5) is 13.0. The third kappa shape index (κ3) is 4.33. The normalized spacial score (nSPS) is 10.6. The van der Waals surface area contributed by atoms with Gasteiger partial charge in [-0.15, -0.1) is 0 Å². The Labute approximate surface area is 162 Å². The summed E-state index contributed by atoms with van der Waals surface area (Å²) < 4.78 is 6.34. The van der Waals surface area contributed by atoms with E-state index in [1.807, 2.05) is 78.9 Å². The van der Waals surface area contributed by atoms with Gasteiger partial charge in [-0.05, 0) is 29.3 Å². The van der Waals surface area contributed by atoms with E-state index in [9.17, 15) is 4.79 Å². The average Bonchev–Trinajstić information content (AvgIpc) is 2.68. The number of hydrogen-bond donors (Lipinski definition) is 1. The number of nitrogens with one attached hydrogen (secondary N) is 1. The van der Waals surface area contributed by atoms with Crippen LogP contribution in [0.4, 0.5) is 0 Å². The van der Waals surface area contributed by atoms with Gasteiger partial charge in [0.05, 0.1) is 13.0 Å². The molecule has 0 heterocycles. The minimum atomic E-state index is -0.351. The summed E-state index contributed by atoms with van der Waals surface area (Å²) in [6, 6.07) is 25.4. The molecule has 3 nitrogen and oxygen atoms in total. The second-order valence-corrected chi connectivity index (χ2v) is 6.84. The molecule has 1 amide bonds. The van der Waals surface area contributed by atoms with E-state index in [1.54, 1.807) is 7.11 Å². The highest BCUT2D eigenvalue weighted by Crippen LogP contribution is 2.26. The standard InChI is InChI=1S/C22H20BrNO2/c1-26-20-13-12-19(23)14-18(20)15-24-22(25)21(16-8-4-2-5-9-16)17-10-6-3-7-11-17/h2-14,21H,15H2,1H3,(H,24,25). The van der Waals surface area contributed by atoms with Crippen molar-refractivity contribution in [1.29, 1.82) is 0 Å². The van der Waals surface area contributed by atoms with Gasteiger partial charge in [-0.25, -0.2) is 0 Å². The first-order valence-electron chi connectivity index (χ1n) is 8.39. The maximum Gasteiger partial charge on any atom is 0.232 e. The van der Waals surface area contributed by atoms with Crippen molar-refractivity contribution in [3.63, 3.8) is 0 Å². The van der Waals surface area contributed by atoms with Crippen LogP contribution in [0.15, 0.2) is 83.3 Å². The van der Waals surface area contributed by atoms with E-state index >= 15 is 0 Å². The predicted octanol–water partition coefficient (Wildman–Crippen LogP) is 4.91. The van der Waals surface area contributed by atoms with Gasteiger partial charge in [0, 0.05) is 16.6 Å². The molecular formula is C22H20BrNO2. The van der Waals surface area contributed by atoms with E-state index in [0.29, 0.717) is 6.54 Å². The topological polar surface area (TPSA) is 38.3 Å². The average molecular weight is 410 g/mol. The van der Waals surface area contributed by atoms with E-state index in [1.165, 1.54) is 0 Å². The van der Waals surface area contributed by atoms with Crippen molar-refractivity contribution in [2.75, 3.05) is 7.11 Å². The minimum Gasteiger partial charge on any atom is -0.496 e. The fourth-order valence-corrected chi connectivity index (χ4v) is 3.36. The molecule has 0 fully saturated rings. The van der Waals surface area contributed by atoms with Gasteiger partial charge >= 0.3 is 0 Å². The molecule has 0 unspecified atom stereocenters. The summed E-state index contributed by atoms with van der Waals surface area (Å²) in [6.45, 7) is 0.400. The Bertz CT molecular complexity index is 826. The number of benzene rings is 3. The molecule has 0 aromatic heterocycles. The Morgan fingerprint density at radius 1 is 0.962 bits per heavy atom. The molecular weight excluding hydrogens is 390 g/mol. The van der Waals surface area contributed by atoms with Gasteiger partial charge in [-0.2, -0.15) is 0 Å². The zero-order valence-corrected chi connectivity index (χ0v) is 16.1. The maximum atomic E-state index is 13.0. The van der Waals surface area contributed by atoms with Crippen molar-refractivity contribution in [3.8, 4) is 5.75 Å².